The van der Waals surface area contributed by atoms with Crippen molar-refractivity contribution >= 4 is 0 Å². The molecule has 2 nitrogen and oxygen atoms in total. The monoisotopic (exact) mass is 190 g/mol. The summed E-state index contributed by atoms with van der Waals surface area (Å²) in [5.41, 5.74) is 1.07. The Balaban J connectivity index is 2.35. The summed E-state index contributed by atoms with van der Waals surface area (Å²) in [7, 11) is 1.66. The van der Waals surface area contributed by atoms with Gasteiger partial charge in [-0.1, -0.05) is 30.4 Å². The van der Waals surface area contributed by atoms with Crippen molar-refractivity contribution in [3.63, 3.8) is 0 Å². The fourth-order valence-corrected chi connectivity index (χ4v) is 1.89. The predicted octanol–water partition coefficient (Wildman–Crippen LogP) is 2.10. The van der Waals surface area contributed by atoms with Gasteiger partial charge in [-0.3, -0.25) is 0 Å². The van der Waals surface area contributed by atoms with Gasteiger partial charge in [0, 0.05) is 11.5 Å². The second-order valence-corrected chi connectivity index (χ2v) is 3.50. The van der Waals surface area contributed by atoms with Gasteiger partial charge in [-0.15, -0.1) is 0 Å². The van der Waals surface area contributed by atoms with Gasteiger partial charge in [-0.2, -0.15) is 0 Å². The number of para-hydroxylation sites is 1. The third-order valence-corrected chi connectivity index (χ3v) is 2.63. The van der Waals surface area contributed by atoms with Gasteiger partial charge in [-0.05, 0) is 12.5 Å². The first-order valence-electron chi connectivity index (χ1n) is 4.80. The Morgan fingerprint density at radius 2 is 2.14 bits per heavy atom. The molecule has 2 atom stereocenters. The molecule has 1 aliphatic rings. The van der Waals surface area contributed by atoms with Crippen molar-refractivity contribution in [2.24, 2.45) is 0 Å². The first-order chi connectivity index (χ1) is 6.83. The minimum atomic E-state index is -0.300. The van der Waals surface area contributed by atoms with Crippen molar-refractivity contribution in [1.82, 2.24) is 0 Å². The van der Waals surface area contributed by atoms with Gasteiger partial charge < -0.3 is 9.84 Å². The summed E-state index contributed by atoms with van der Waals surface area (Å²) in [5.74, 6) is 0.939. The van der Waals surface area contributed by atoms with E-state index in [1.54, 1.807) is 7.11 Å². The number of benzene rings is 1. The van der Waals surface area contributed by atoms with Crippen molar-refractivity contribution in [2.75, 3.05) is 7.11 Å². The van der Waals surface area contributed by atoms with E-state index in [0.29, 0.717) is 0 Å². The minimum Gasteiger partial charge on any atom is -0.496 e. The van der Waals surface area contributed by atoms with Crippen LogP contribution in [0.1, 0.15) is 17.9 Å². The van der Waals surface area contributed by atoms with Crippen LogP contribution < -0.4 is 4.74 Å². The van der Waals surface area contributed by atoms with Crippen LogP contribution in [0.5, 0.6) is 5.75 Å². The highest BCUT2D eigenvalue weighted by Crippen LogP contribution is 2.34. The van der Waals surface area contributed by atoms with E-state index < -0.39 is 0 Å². The molecule has 1 N–H and O–H groups in total. The van der Waals surface area contributed by atoms with E-state index in [9.17, 15) is 5.11 Å². The van der Waals surface area contributed by atoms with Crippen LogP contribution >= 0.6 is 0 Å². The Labute approximate surface area is 83.8 Å². The van der Waals surface area contributed by atoms with E-state index in [4.69, 9.17) is 4.74 Å². The van der Waals surface area contributed by atoms with E-state index in [1.807, 2.05) is 36.4 Å². The summed E-state index contributed by atoms with van der Waals surface area (Å²) in [6.07, 6.45) is 4.50. The molecule has 1 aromatic carbocycles. The molecule has 0 radical (unpaired) electrons. The highest BCUT2D eigenvalue weighted by molar-refractivity contribution is 5.40. The second-order valence-electron chi connectivity index (χ2n) is 3.50. The predicted molar refractivity (Wildman–Crippen MR) is 55.5 cm³/mol. The smallest absolute Gasteiger partial charge is 0.122 e. The Kier molecular flexibility index (Phi) is 2.55. The van der Waals surface area contributed by atoms with Crippen molar-refractivity contribution in [3.8, 4) is 5.75 Å². The van der Waals surface area contributed by atoms with Crippen LogP contribution in [0.4, 0.5) is 0 Å². The second kappa shape index (κ2) is 3.84. The summed E-state index contributed by atoms with van der Waals surface area (Å²) < 4.78 is 5.26. The zero-order valence-electron chi connectivity index (χ0n) is 8.18. The van der Waals surface area contributed by atoms with E-state index in [0.717, 1.165) is 17.7 Å². The van der Waals surface area contributed by atoms with Crippen LogP contribution in [0.15, 0.2) is 36.4 Å². The lowest BCUT2D eigenvalue weighted by Crippen LogP contribution is -2.12. The van der Waals surface area contributed by atoms with E-state index in [1.165, 1.54) is 0 Å². The lowest BCUT2D eigenvalue weighted by atomic mass is 9.95. The lowest BCUT2D eigenvalue weighted by molar-refractivity contribution is 0.170. The van der Waals surface area contributed by atoms with Crippen molar-refractivity contribution in [3.05, 3.63) is 42.0 Å². The van der Waals surface area contributed by atoms with Crippen LogP contribution in [0.3, 0.4) is 0 Å². The van der Waals surface area contributed by atoms with Crippen LogP contribution in [0, 0.1) is 0 Å². The standard InChI is InChI=1S/C12H14O2/c1-14-12-8-3-2-5-10(12)9-6-4-7-11(9)13/h2-6,8-9,11,13H,7H2,1H3/t9-,11+/m0/s1. The first kappa shape index (κ1) is 9.28. The average molecular weight is 190 g/mol. The maximum absolute atomic E-state index is 9.74. The van der Waals surface area contributed by atoms with Gasteiger partial charge in [0.25, 0.3) is 0 Å². The third kappa shape index (κ3) is 1.53. The molecule has 0 amide bonds. The van der Waals surface area contributed by atoms with E-state index in [-0.39, 0.29) is 12.0 Å². The highest BCUT2D eigenvalue weighted by Gasteiger charge is 2.24. The number of ether oxygens (including phenoxy) is 1. The summed E-state index contributed by atoms with van der Waals surface area (Å²) in [4.78, 5) is 0. The molecule has 74 valence electrons. The minimum absolute atomic E-state index is 0.0890. The van der Waals surface area contributed by atoms with Crippen LogP contribution in [0.25, 0.3) is 0 Å². The van der Waals surface area contributed by atoms with Crippen molar-refractivity contribution in [1.29, 1.82) is 0 Å². The van der Waals surface area contributed by atoms with Gasteiger partial charge in [-0.25, -0.2) is 0 Å². The molecule has 14 heavy (non-hydrogen) atoms. The van der Waals surface area contributed by atoms with Crippen molar-refractivity contribution in [2.45, 2.75) is 18.4 Å². The number of hydrogen-bond acceptors (Lipinski definition) is 2. The molecule has 1 aliphatic carbocycles. The summed E-state index contributed by atoms with van der Waals surface area (Å²) in [6.45, 7) is 0. The van der Waals surface area contributed by atoms with Gasteiger partial charge >= 0.3 is 0 Å². The Morgan fingerprint density at radius 1 is 1.36 bits per heavy atom. The fraction of sp³-hybridized carbons (Fsp3) is 0.333. The SMILES string of the molecule is COc1ccccc1[C@@H]1C=CC[C@H]1O. The molecule has 0 fully saturated rings. The normalized spacial score (nSPS) is 25.3. The number of aliphatic hydroxyl groups is 1. The average Bonchev–Trinajstić information content (AvgIpc) is 2.64. The fourth-order valence-electron chi connectivity index (χ4n) is 1.89. The summed E-state index contributed by atoms with van der Waals surface area (Å²) in [5, 5.41) is 9.74. The maximum Gasteiger partial charge on any atom is 0.122 e. The molecule has 0 spiro atoms. The molecule has 1 aromatic rings. The third-order valence-electron chi connectivity index (χ3n) is 2.63. The molecular weight excluding hydrogens is 176 g/mol. The largest absolute Gasteiger partial charge is 0.496 e. The zero-order chi connectivity index (χ0) is 9.97. The van der Waals surface area contributed by atoms with E-state index in [2.05, 4.69) is 0 Å². The zero-order valence-corrected chi connectivity index (χ0v) is 8.18. The maximum atomic E-state index is 9.74. The van der Waals surface area contributed by atoms with Gasteiger partial charge in [0.05, 0.1) is 13.2 Å². The van der Waals surface area contributed by atoms with Crippen LogP contribution in [-0.2, 0) is 0 Å². The molecule has 0 saturated carbocycles. The number of methoxy groups -OCH3 is 1. The summed E-state index contributed by atoms with van der Waals surface area (Å²) >= 11 is 0. The van der Waals surface area contributed by atoms with Gasteiger partial charge in [0.2, 0.25) is 0 Å². The molecule has 2 heteroatoms. The van der Waals surface area contributed by atoms with Crippen LogP contribution in [0.2, 0.25) is 0 Å². The lowest BCUT2D eigenvalue weighted by Gasteiger charge is -2.16. The molecule has 0 unspecified atom stereocenters. The molecule has 0 bridgehead atoms. The Hall–Kier alpha value is -1.28. The quantitative estimate of drug-likeness (QED) is 0.724. The molecular formula is C12H14O2. The number of rotatable bonds is 2. The highest BCUT2D eigenvalue weighted by atomic mass is 16.5. The first-order valence-corrected chi connectivity index (χ1v) is 4.80. The molecule has 0 aliphatic heterocycles. The molecule has 0 heterocycles. The summed E-state index contributed by atoms with van der Waals surface area (Å²) in [6, 6.07) is 7.83. The van der Waals surface area contributed by atoms with E-state index >= 15 is 0 Å². The molecule has 0 saturated heterocycles. The van der Waals surface area contributed by atoms with Gasteiger partial charge in [0.15, 0.2) is 0 Å². The Morgan fingerprint density at radius 3 is 2.79 bits per heavy atom. The number of hydrogen-bond donors (Lipinski definition) is 1. The Bertz CT molecular complexity index is 344. The molecule has 2 rings (SSSR count). The topological polar surface area (TPSA) is 29.5 Å². The van der Waals surface area contributed by atoms with Gasteiger partial charge in [0.1, 0.15) is 5.75 Å². The number of aliphatic hydroxyl groups excluding tert-OH is 1. The van der Waals surface area contributed by atoms with Crippen molar-refractivity contribution < 1.29 is 9.84 Å². The van der Waals surface area contributed by atoms with Crippen LogP contribution in [-0.4, -0.2) is 18.3 Å². The molecule has 0 aromatic heterocycles.